The van der Waals surface area contributed by atoms with Crippen molar-refractivity contribution in [2.45, 2.75) is 25.5 Å². The predicted molar refractivity (Wildman–Crippen MR) is 60.3 cm³/mol. The molecule has 3 atom stereocenters. The lowest BCUT2D eigenvalue weighted by Gasteiger charge is -2.38. The largest absolute Gasteiger partial charge is 0.447 e. The Kier molecular flexibility index (Phi) is 3.16. The Morgan fingerprint density at radius 1 is 1.47 bits per heavy atom. The molecule has 1 saturated heterocycles. The third-order valence-corrected chi connectivity index (χ3v) is 2.60. The number of rotatable bonds is 1. The first-order chi connectivity index (χ1) is 8.18. The molecule has 4 nitrogen and oxygen atoms in total. The summed E-state index contributed by atoms with van der Waals surface area (Å²) in [5, 5.41) is 2.71. The van der Waals surface area contributed by atoms with E-state index in [1.165, 1.54) is 6.92 Å². The van der Waals surface area contributed by atoms with Crippen molar-refractivity contribution in [3.8, 4) is 23.7 Å². The Morgan fingerprint density at radius 3 is 2.94 bits per heavy atom. The van der Waals surface area contributed by atoms with Crippen molar-refractivity contribution in [1.82, 2.24) is 5.32 Å². The smallest absolute Gasteiger partial charge is 0.303 e. The first-order valence-corrected chi connectivity index (χ1v) is 5.30. The number of hydrogen-bond donors (Lipinski definition) is 1. The van der Waals surface area contributed by atoms with Crippen LogP contribution < -0.4 is 5.32 Å². The molecule has 0 aromatic carbocycles. The number of carbonyl (C=O) groups excluding carboxylic acids is 2. The number of fused-ring (bicyclic) bond motifs is 1. The fourth-order valence-electron chi connectivity index (χ4n) is 1.76. The second kappa shape index (κ2) is 4.76. The predicted octanol–water partition coefficient (Wildman–Crippen LogP) is -0.000600. The van der Waals surface area contributed by atoms with Gasteiger partial charge in [0.2, 0.25) is 5.91 Å². The van der Waals surface area contributed by atoms with E-state index in [1.807, 2.05) is 0 Å². The van der Waals surface area contributed by atoms with Crippen LogP contribution in [0.3, 0.4) is 0 Å². The van der Waals surface area contributed by atoms with Crippen molar-refractivity contribution in [3.63, 3.8) is 0 Å². The molecule has 1 fully saturated rings. The molecule has 0 aromatic rings. The highest BCUT2D eigenvalue weighted by atomic mass is 16.5. The summed E-state index contributed by atoms with van der Waals surface area (Å²) in [7, 11) is 0. The van der Waals surface area contributed by atoms with Gasteiger partial charge in [-0.3, -0.25) is 9.59 Å². The number of esters is 1. The molecule has 0 radical (unpaired) electrons. The standard InChI is InChI=1S/C13H11NO3/c1-9(15)17-11-8-6-4-2-3-5-7-10-12(11)14-13(10)16/h2,4,10-12H,7H2,1H3,(H,14,16)/b4-2-/t10-,11?,12+/m0/s1. The van der Waals surface area contributed by atoms with Crippen molar-refractivity contribution in [1.29, 1.82) is 0 Å². The third kappa shape index (κ3) is 2.49. The average molecular weight is 229 g/mol. The van der Waals surface area contributed by atoms with Crippen molar-refractivity contribution >= 4 is 11.9 Å². The zero-order valence-corrected chi connectivity index (χ0v) is 9.32. The number of nitrogens with one attached hydrogen (secondary N) is 1. The molecule has 4 heteroatoms. The number of β-lactam (4-membered cyclic amide) rings is 1. The van der Waals surface area contributed by atoms with Crippen LogP contribution in [0.4, 0.5) is 0 Å². The van der Waals surface area contributed by atoms with Crippen LogP contribution in [0.2, 0.25) is 0 Å². The second-order valence-corrected chi connectivity index (χ2v) is 3.82. The van der Waals surface area contributed by atoms with Crippen LogP contribution in [0.15, 0.2) is 12.2 Å². The van der Waals surface area contributed by atoms with Crippen LogP contribution in [0.1, 0.15) is 13.3 Å². The highest BCUT2D eigenvalue weighted by molar-refractivity contribution is 5.86. The zero-order valence-electron chi connectivity index (χ0n) is 9.32. The monoisotopic (exact) mass is 229 g/mol. The minimum Gasteiger partial charge on any atom is -0.447 e. The van der Waals surface area contributed by atoms with Gasteiger partial charge in [0, 0.05) is 13.3 Å². The maximum Gasteiger partial charge on any atom is 0.303 e. The van der Waals surface area contributed by atoms with E-state index in [1.54, 1.807) is 12.2 Å². The van der Waals surface area contributed by atoms with Crippen LogP contribution in [0, 0.1) is 29.6 Å². The molecule has 86 valence electrons. The average Bonchev–Trinajstić information content (AvgIpc) is 2.27. The number of ether oxygens (including phenoxy) is 1. The Hall–Kier alpha value is -2.20. The Balaban J connectivity index is 2.21. The first-order valence-electron chi connectivity index (χ1n) is 5.30. The summed E-state index contributed by atoms with van der Waals surface area (Å²) in [5.41, 5.74) is 0. The van der Waals surface area contributed by atoms with E-state index >= 15 is 0 Å². The number of amides is 1. The van der Waals surface area contributed by atoms with Gasteiger partial charge >= 0.3 is 5.97 Å². The van der Waals surface area contributed by atoms with Gasteiger partial charge in [-0.2, -0.15) is 0 Å². The molecule has 1 aliphatic carbocycles. The van der Waals surface area contributed by atoms with E-state index in [2.05, 4.69) is 29.0 Å². The molecule has 1 aliphatic heterocycles. The Bertz CT molecular complexity index is 498. The number of allylic oxidation sites excluding steroid dienone is 2. The highest BCUT2D eigenvalue weighted by Gasteiger charge is 2.44. The second-order valence-electron chi connectivity index (χ2n) is 3.82. The summed E-state index contributed by atoms with van der Waals surface area (Å²) in [4.78, 5) is 22.3. The van der Waals surface area contributed by atoms with Crippen molar-refractivity contribution in [2.24, 2.45) is 5.92 Å². The minimum atomic E-state index is -0.597. The fraction of sp³-hybridized carbons (Fsp3) is 0.385. The van der Waals surface area contributed by atoms with Crippen LogP contribution in [0.25, 0.3) is 0 Å². The quantitative estimate of drug-likeness (QED) is 0.391. The summed E-state index contributed by atoms with van der Waals surface area (Å²) in [6, 6.07) is -0.250. The van der Waals surface area contributed by atoms with Crippen molar-refractivity contribution in [2.75, 3.05) is 0 Å². The first kappa shape index (κ1) is 11.3. The van der Waals surface area contributed by atoms with Gasteiger partial charge in [-0.1, -0.05) is 23.7 Å². The molecule has 1 heterocycles. The van der Waals surface area contributed by atoms with Gasteiger partial charge in [-0.15, -0.1) is 0 Å². The molecule has 17 heavy (non-hydrogen) atoms. The SMILES string of the molecule is CC(=O)OC1C#C/C=C\C#CC[C@@H]2C(=O)N[C@@H]12. The van der Waals surface area contributed by atoms with E-state index < -0.39 is 12.1 Å². The maximum atomic E-state index is 11.4. The number of hydrogen-bond acceptors (Lipinski definition) is 3. The summed E-state index contributed by atoms with van der Waals surface area (Å²) >= 11 is 0. The molecule has 1 unspecified atom stereocenters. The molecule has 0 aromatic heterocycles. The van der Waals surface area contributed by atoms with Gasteiger partial charge in [-0.05, 0) is 12.2 Å². The summed E-state index contributed by atoms with van der Waals surface area (Å²) in [6.45, 7) is 1.33. The van der Waals surface area contributed by atoms with E-state index in [-0.39, 0.29) is 17.9 Å². The van der Waals surface area contributed by atoms with Crippen LogP contribution in [0.5, 0.6) is 0 Å². The molecule has 2 rings (SSSR count). The van der Waals surface area contributed by atoms with Crippen LogP contribution in [-0.2, 0) is 14.3 Å². The molecule has 0 saturated carbocycles. The Labute approximate surface area is 99.4 Å². The van der Waals surface area contributed by atoms with E-state index in [0.29, 0.717) is 6.42 Å². The maximum absolute atomic E-state index is 11.4. The van der Waals surface area contributed by atoms with Gasteiger partial charge in [-0.25, -0.2) is 0 Å². The Morgan fingerprint density at radius 2 is 2.24 bits per heavy atom. The summed E-state index contributed by atoms with van der Waals surface area (Å²) in [5.74, 6) is 10.5. The topological polar surface area (TPSA) is 55.4 Å². The molecule has 0 spiro atoms. The van der Waals surface area contributed by atoms with Crippen molar-refractivity contribution in [3.05, 3.63) is 12.2 Å². The zero-order chi connectivity index (χ0) is 12.3. The van der Waals surface area contributed by atoms with Crippen LogP contribution >= 0.6 is 0 Å². The highest BCUT2D eigenvalue weighted by Crippen LogP contribution is 2.23. The third-order valence-electron chi connectivity index (χ3n) is 2.60. The molecular formula is C13H11NO3. The van der Waals surface area contributed by atoms with Crippen LogP contribution in [-0.4, -0.2) is 24.0 Å². The molecule has 0 bridgehead atoms. The van der Waals surface area contributed by atoms with Crippen molar-refractivity contribution < 1.29 is 14.3 Å². The minimum absolute atomic E-state index is 0.0622. The van der Waals surface area contributed by atoms with Gasteiger partial charge in [0.1, 0.15) is 0 Å². The molecular weight excluding hydrogens is 218 g/mol. The molecule has 1 amide bonds. The summed E-state index contributed by atoms with van der Waals surface area (Å²) in [6.07, 6.45) is 3.08. The summed E-state index contributed by atoms with van der Waals surface area (Å²) < 4.78 is 5.10. The lowest BCUT2D eigenvalue weighted by molar-refractivity contribution is -0.152. The van der Waals surface area contributed by atoms with E-state index in [4.69, 9.17) is 4.74 Å². The number of carbonyl (C=O) groups is 2. The van der Waals surface area contributed by atoms with Gasteiger partial charge < -0.3 is 10.1 Å². The molecule has 2 aliphatic rings. The lowest BCUT2D eigenvalue weighted by Crippen LogP contribution is -2.63. The van der Waals surface area contributed by atoms with Gasteiger partial charge in [0.15, 0.2) is 6.10 Å². The van der Waals surface area contributed by atoms with Gasteiger partial charge in [0.25, 0.3) is 0 Å². The lowest BCUT2D eigenvalue weighted by atomic mass is 9.84. The van der Waals surface area contributed by atoms with E-state index in [9.17, 15) is 9.59 Å². The normalized spacial score (nSPS) is 31.1. The fourth-order valence-corrected chi connectivity index (χ4v) is 1.76. The van der Waals surface area contributed by atoms with Gasteiger partial charge in [0.05, 0.1) is 12.0 Å². The van der Waals surface area contributed by atoms with E-state index in [0.717, 1.165) is 0 Å². The molecule has 1 N–H and O–H groups in total.